The molecule has 0 bridgehead atoms. The molecule has 2 amide bonds. The zero-order valence-electron chi connectivity index (χ0n) is 15.7. The topological polar surface area (TPSA) is 85.9 Å². The second-order valence-corrected chi connectivity index (χ2v) is 5.70. The number of carbonyl (C=O) groups is 2. The first-order valence-electron chi connectivity index (χ1n) is 8.49. The van der Waals surface area contributed by atoms with Crippen LogP contribution in [0.3, 0.4) is 0 Å². The van der Waals surface area contributed by atoms with Crippen LogP contribution in [0.2, 0.25) is 0 Å². The molecule has 0 aliphatic rings. The number of methoxy groups -OCH3 is 3. The molecule has 0 heterocycles. The van der Waals surface area contributed by atoms with E-state index in [1.165, 1.54) is 7.11 Å². The Kier molecular flexibility index (Phi) is 7.63. The summed E-state index contributed by atoms with van der Waals surface area (Å²) in [7, 11) is 4.68. The SMILES string of the molecule is COCCCNC(=O)c1cccc(C(=O)Nc2ccc(OC)cc2OC)c1. The summed E-state index contributed by atoms with van der Waals surface area (Å²) in [4.78, 5) is 24.8. The number of amides is 2. The smallest absolute Gasteiger partial charge is 0.255 e. The molecule has 2 aromatic carbocycles. The lowest BCUT2D eigenvalue weighted by Crippen LogP contribution is -2.25. The number of ether oxygens (including phenoxy) is 3. The summed E-state index contributed by atoms with van der Waals surface area (Å²) in [6.45, 7) is 1.08. The minimum absolute atomic E-state index is 0.234. The Labute approximate surface area is 158 Å². The van der Waals surface area contributed by atoms with Crippen molar-refractivity contribution in [2.24, 2.45) is 0 Å². The van der Waals surface area contributed by atoms with Gasteiger partial charge in [-0.2, -0.15) is 0 Å². The average molecular weight is 372 g/mol. The summed E-state index contributed by atoms with van der Waals surface area (Å²) in [5.41, 5.74) is 1.30. The van der Waals surface area contributed by atoms with Crippen LogP contribution in [0.1, 0.15) is 27.1 Å². The highest BCUT2D eigenvalue weighted by Crippen LogP contribution is 2.29. The van der Waals surface area contributed by atoms with Crippen LogP contribution >= 0.6 is 0 Å². The minimum atomic E-state index is -0.340. The number of benzene rings is 2. The molecule has 0 saturated carbocycles. The van der Waals surface area contributed by atoms with Gasteiger partial charge in [-0.15, -0.1) is 0 Å². The average Bonchev–Trinajstić information content (AvgIpc) is 2.71. The lowest BCUT2D eigenvalue weighted by molar-refractivity contribution is 0.0948. The van der Waals surface area contributed by atoms with Crippen LogP contribution in [0.15, 0.2) is 42.5 Å². The van der Waals surface area contributed by atoms with E-state index in [2.05, 4.69) is 10.6 Å². The molecule has 0 aromatic heterocycles. The highest BCUT2D eigenvalue weighted by atomic mass is 16.5. The molecule has 2 rings (SSSR count). The van der Waals surface area contributed by atoms with Crippen molar-refractivity contribution in [2.75, 3.05) is 39.8 Å². The monoisotopic (exact) mass is 372 g/mol. The quantitative estimate of drug-likeness (QED) is 0.661. The van der Waals surface area contributed by atoms with Crippen molar-refractivity contribution >= 4 is 17.5 Å². The number of carbonyl (C=O) groups excluding carboxylic acids is 2. The fourth-order valence-electron chi connectivity index (χ4n) is 2.42. The Hall–Kier alpha value is -3.06. The lowest BCUT2D eigenvalue weighted by Gasteiger charge is -2.12. The summed E-state index contributed by atoms with van der Waals surface area (Å²) in [6.07, 6.45) is 0.722. The normalized spacial score (nSPS) is 10.2. The highest BCUT2D eigenvalue weighted by molar-refractivity contribution is 6.06. The molecule has 0 fully saturated rings. The fraction of sp³-hybridized carbons (Fsp3) is 0.300. The van der Waals surface area contributed by atoms with Crippen molar-refractivity contribution in [3.05, 3.63) is 53.6 Å². The number of nitrogens with one attached hydrogen (secondary N) is 2. The zero-order valence-corrected chi connectivity index (χ0v) is 15.7. The highest BCUT2D eigenvalue weighted by Gasteiger charge is 2.13. The summed E-state index contributed by atoms with van der Waals surface area (Å²) < 4.78 is 15.4. The number of anilines is 1. The van der Waals surface area contributed by atoms with Crippen molar-refractivity contribution in [1.82, 2.24) is 5.32 Å². The van der Waals surface area contributed by atoms with Crippen molar-refractivity contribution in [3.63, 3.8) is 0 Å². The molecule has 0 atom stereocenters. The van der Waals surface area contributed by atoms with E-state index >= 15 is 0 Å². The van der Waals surface area contributed by atoms with Crippen molar-refractivity contribution < 1.29 is 23.8 Å². The van der Waals surface area contributed by atoms with Crippen molar-refractivity contribution in [3.8, 4) is 11.5 Å². The van der Waals surface area contributed by atoms with Crippen LogP contribution in [0.25, 0.3) is 0 Å². The van der Waals surface area contributed by atoms with E-state index in [-0.39, 0.29) is 11.8 Å². The summed E-state index contributed by atoms with van der Waals surface area (Å²) >= 11 is 0. The molecule has 7 nitrogen and oxygen atoms in total. The van der Waals surface area contributed by atoms with Gasteiger partial charge in [-0.3, -0.25) is 9.59 Å². The molecule has 2 N–H and O–H groups in total. The molecule has 144 valence electrons. The molecule has 0 aliphatic heterocycles. The first kappa shape index (κ1) is 20.3. The molecule has 2 aromatic rings. The fourth-order valence-corrected chi connectivity index (χ4v) is 2.42. The van der Waals surface area contributed by atoms with E-state index < -0.39 is 0 Å². The van der Waals surface area contributed by atoms with Gasteiger partial charge in [-0.25, -0.2) is 0 Å². The van der Waals surface area contributed by atoms with E-state index in [1.54, 1.807) is 56.7 Å². The van der Waals surface area contributed by atoms with Crippen molar-refractivity contribution in [2.45, 2.75) is 6.42 Å². The van der Waals surface area contributed by atoms with Gasteiger partial charge in [0.2, 0.25) is 0 Å². The maximum Gasteiger partial charge on any atom is 0.255 e. The molecule has 0 aliphatic carbocycles. The Bertz CT molecular complexity index is 792. The first-order valence-corrected chi connectivity index (χ1v) is 8.49. The Morgan fingerprint density at radius 2 is 1.67 bits per heavy atom. The van der Waals surface area contributed by atoms with Gasteiger partial charge < -0.3 is 24.8 Å². The predicted molar refractivity (Wildman–Crippen MR) is 103 cm³/mol. The van der Waals surface area contributed by atoms with Gasteiger partial charge >= 0.3 is 0 Å². The van der Waals surface area contributed by atoms with Gasteiger partial charge in [0.1, 0.15) is 11.5 Å². The summed E-state index contributed by atoms with van der Waals surface area (Å²) in [5, 5.41) is 5.58. The van der Waals surface area contributed by atoms with Gasteiger partial charge in [0.25, 0.3) is 11.8 Å². The van der Waals surface area contributed by atoms with E-state index in [4.69, 9.17) is 14.2 Å². The first-order chi connectivity index (χ1) is 13.1. The molecule has 7 heteroatoms. The predicted octanol–water partition coefficient (Wildman–Crippen LogP) is 2.72. The maximum atomic E-state index is 12.6. The largest absolute Gasteiger partial charge is 0.497 e. The van der Waals surface area contributed by atoms with Gasteiger partial charge in [0.05, 0.1) is 19.9 Å². The third-order valence-corrected chi connectivity index (χ3v) is 3.85. The van der Waals surface area contributed by atoms with Crippen LogP contribution in [0.4, 0.5) is 5.69 Å². The Morgan fingerprint density at radius 3 is 2.33 bits per heavy atom. The zero-order chi connectivity index (χ0) is 19.6. The molecular weight excluding hydrogens is 348 g/mol. The van der Waals surface area contributed by atoms with E-state index in [1.807, 2.05) is 0 Å². The third kappa shape index (κ3) is 5.72. The molecule has 0 unspecified atom stereocenters. The van der Waals surface area contributed by atoms with Gasteiger partial charge in [-0.1, -0.05) is 6.07 Å². The van der Waals surface area contributed by atoms with Gasteiger partial charge in [-0.05, 0) is 36.8 Å². The Morgan fingerprint density at radius 1 is 0.926 bits per heavy atom. The van der Waals surface area contributed by atoms with Crippen LogP contribution in [-0.4, -0.2) is 46.3 Å². The maximum absolute atomic E-state index is 12.6. The molecule has 0 spiro atoms. The second kappa shape index (κ2) is 10.2. The molecule has 0 saturated heterocycles. The van der Waals surface area contributed by atoms with Gasteiger partial charge in [0, 0.05) is 37.5 Å². The van der Waals surface area contributed by atoms with E-state index in [0.717, 1.165) is 6.42 Å². The standard InChI is InChI=1S/C20H24N2O5/c1-25-11-5-10-21-19(23)14-6-4-7-15(12-14)20(24)22-17-9-8-16(26-2)13-18(17)27-3/h4,6-9,12-13H,5,10-11H2,1-3H3,(H,21,23)(H,22,24). The summed E-state index contributed by atoms with van der Waals surface area (Å²) in [6, 6.07) is 11.6. The van der Waals surface area contributed by atoms with Crippen LogP contribution in [0, 0.1) is 0 Å². The molecule has 27 heavy (non-hydrogen) atoms. The van der Waals surface area contributed by atoms with Crippen LogP contribution in [0.5, 0.6) is 11.5 Å². The van der Waals surface area contributed by atoms with Gasteiger partial charge in [0.15, 0.2) is 0 Å². The number of rotatable bonds is 9. The lowest BCUT2D eigenvalue weighted by atomic mass is 10.1. The van der Waals surface area contributed by atoms with Crippen LogP contribution < -0.4 is 20.1 Å². The molecule has 0 radical (unpaired) electrons. The Balaban J connectivity index is 2.08. The number of hydrogen-bond acceptors (Lipinski definition) is 5. The van der Waals surface area contributed by atoms with E-state index in [9.17, 15) is 9.59 Å². The second-order valence-electron chi connectivity index (χ2n) is 5.70. The van der Waals surface area contributed by atoms with E-state index in [0.29, 0.717) is 41.5 Å². The summed E-state index contributed by atoms with van der Waals surface area (Å²) in [5.74, 6) is 0.530. The number of hydrogen-bond donors (Lipinski definition) is 2. The van der Waals surface area contributed by atoms with Crippen LogP contribution in [-0.2, 0) is 4.74 Å². The third-order valence-electron chi connectivity index (χ3n) is 3.85. The molecular formula is C20H24N2O5. The minimum Gasteiger partial charge on any atom is -0.497 e. The van der Waals surface area contributed by atoms with Crippen molar-refractivity contribution in [1.29, 1.82) is 0 Å².